The molecule has 1 aliphatic heterocycles. The number of hydrogen-bond acceptors (Lipinski definition) is 5. The number of rotatable bonds is 4. The Bertz CT molecular complexity index is 905. The zero-order chi connectivity index (χ0) is 17.2. The highest BCUT2D eigenvalue weighted by molar-refractivity contribution is 7.90. The highest BCUT2D eigenvalue weighted by Crippen LogP contribution is 2.22. The Morgan fingerprint density at radius 2 is 2.04 bits per heavy atom. The number of aliphatic imine (C=N–C) groups is 1. The zero-order valence-electron chi connectivity index (χ0n) is 13.0. The molecule has 0 saturated carbocycles. The van der Waals surface area contributed by atoms with Gasteiger partial charge in [0.05, 0.1) is 11.4 Å². The molecular formula is C16H16N4O3S. The molecule has 1 aliphatic rings. The van der Waals surface area contributed by atoms with Gasteiger partial charge in [0.2, 0.25) is 5.91 Å². The van der Waals surface area contributed by atoms with Crippen molar-refractivity contribution < 1.29 is 13.2 Å². The van der Waals surface area contributed by atoms with Gasteiger partial charge in [0.25, 0.3) is 10.0 Å². The smallest absolute Gasteiger partial charge is 0.263 e. The number of carbonyl (C=O) groups is 1. The van der Waals surface area contributed by atoms with E-state index < -0.39 is 10.0 Å². The molecular weight excluding hydrogens is 328 g/mol. The molecule has 0 bridgehead atoms. The second-order valence-electron chi connectivity index (χ2n) is 5.35. The van der Waals surface area contributed by atoms with Crippen LogP contribution in [0, 0.1) is 6.92 Å². The second-order valence-corrected chi connectivity index (χ2v) is 7.00. The number of amides is 1. The molecule has 0 atom stereocenters. The van der Waals surface area contributed by atoms with Crippen molar-refractivity contribution in [3.8, 4) is 0 Å². The van der Waals surface area contributed by atoms with Crippen molar-refractivity contribution in [1.29, 1.82) is 0 Å². The first-order chi connectivity index (χ1) is 11.5. The third-order valence-electron chi connectivity index (χ3n) is 3.45. The Kier molecular flexibility index (Phi) is 4.30. The van der Waals surface area contributed by atoms with Gasteiger partial charge in [0.1, 0.15) is 11.7 Å². The summed E-state index contributed by atoms with van der Waals surface area (Å²) in [5, 5.41) is 2.67. The molecule has 0 spiro atoms. The van der Waals surface area contributed by atoms with E-state index in [-0.39, 0.29) is 29.6 Å². The Balaban J connectivity index is 1.63. The minimum atomic E-state index is -3.55. The van der Waals surface area contributed by atoms with E-state index in [0.29, 0.717) is 11.4 Å². The minimum Gasteiger partial charge on any atom is -0.311 e. The summed E-state index contributed by atoms with van der Waals surface area (Å²) in [5.74, 6) is 0.516. The van der Waals surface area contributed by atoms with Crippen LogP contribution in [0.2, 0.25) is 0 Å². The molecule has 2 heterocycles. The summed E-state index contributed by atoms with van der Waals surface area (Å²) in [6.07, 6.45) is 1.79. The standard InChI is InChI=1S/C16H16N4O3S/c1-11-6-7-14(18-10-11)19-15(21)8-9-17-16-12-4-2-3-5-13(12)24(22,23)20-16/h2-7,10H,8-9H2,1H3,(H,17,20)(H,18,19,21). The predicted octanol–water partition coefficient (Wildman–Crippen LogP) is 1.46. The van der Waals surface area contributed by atoms with E-state index in [1.54, 1.807) is 30.5 Å². The van der Waals surface area contributed by atoms with E-state index in [1.807, 2.05) is 13.0 Å². The number of nitrogens with one attached hydrogen (secondary N) is 2. The summed E-state index contributed by atoms with van der Waals surface area (Å²) in [7, 11) is -3.55. The molecule has 1 amide bonds. The number of anilines is 1. The lowest BCUT2D eigenvalue weighted by molar-refractivity contribution is -0.116. The van der Waals surface area contributed by atoms with Gasteiger partial charge in [-0.05, 0) is 30.7 Å². The van der Waals surface area contributed by atoms with E-state index in [1.165, 1.54) is 6.07 Å². The molecule has 0 unspecified atom stereocenters. The van der Waals surface area contributed by atoms with Gasteiger partial charge in [-0.2, -0.15) is 0 Å². The summed E-state index contributed by atoms with van der Waals surface area (Å²) in [4.78, 5) is 20.4. The van der Waals surface area contributed by atoms with Crippen molar-refractivity contribution in [2.45, 2.75) is 18.2 Å². The van der Waals surface area contributed by atoms with Crippen LogP contribution in [0.25, 0.3) is 0 Å². The van der Waals surface area contributed by atoms with Crippen LogP contribution < -0.4 is 10.0 Å². The lowest BCUT2D eigenvalue weighted by Gasteiger charge is -2.03. The summed E-state index contributed by atoms with van der Waals surface area (Å²) >= 11 is 0. The molecule has 1 aromatic heterocycles. The lowest BCUT2D eigenvalue weighted by Crippen LogP contribution is -2.23. The number of pyridine rings is 1. The maximum Gasteiger partial charge on any atom is 0.263 e. The van der Waals surface area contributed by atoms with Crippen LogP contribution in [-0.4, -0.2) is 31.7 Å². The number of hydrogen-bond donors (Lipinski definition) is 2. The molecule has 0 fully saturated rings. The quantitative estimate of drug-likeness (QED) is 0.877. The average molecular weight is 344 g/mol. The first-order valence-corrected chi connectivity index (χ1v) is 8.83. The first-order valence-electron chi connectivity index (χ1n) is 7.35. The average Bonchev–Trinajstić information content (AvgIpc) is 2.81. The van der Waals surface area contributed by atoms with Crippen molar-refractivity contribution >= 4 is 27.6 Å². The monoisotopic (exact) mass is 344 g/mol. The summed E-state index contributed by atoms with van der Waals surface area (Å²) in [5.41, 5.74) is 1.53. The van der Waals surface area contributed by atoms with Gasteiger partial charge in [-0.15, -0.1) is 0 Å². The number of aryl methyl sites for hydroxylation is 1. The molecule has 0 aliphatic carbocycles. The first kappa shape index (κ1) is 16.1. The second kappa shape index (κ2) is 6.40. The Morgan fingerprint density at radius 1 is 1.25 bits per heavy atom. The van der Waals surface area contributed by atoms with Crippen molar-refractivity contribution in [1.82, 2.24) is 9.71 Å². The molecule has 1 aromatic carbocycles. The third-order valence-corrected chi connectivity index (χ3v) is 4.85. The fourth-order valence-electron chi connectivity index (χ4n) is 2.27. The fourth-order valence-corrected chi connectivity index (χ4v) is 3.52. The van der Waals surface area contributed by atoms with E-state index in [9.17, 15) is 13.2 Å². The van der Waals surface area contributed by atoms with E-state index in [0.717, 1.165) is 5.56 Å². The summed E-state index contributed by atoms with van der Waals surface area (Å²) in [6, 6.07) is 10.2. The van der Waals surface area contributed by atoms with Crippen LogP contribution in [0.15, 0.2) is 52.5 Å². The van der Waals surface area contributed by atoms with Gasteiger partial charge >= 0.3 is 0 Å². The molecule has 2 aromatic rings. The van der Waals surface area contributed by atoms with Crippen LogP contribution >= 0.6 is 0 Å². The van der Waals surface area contributed by atoms with Crippen molar-refractivity contribution in [2.75, 3.05) is 11.9 Å². The van der Waals surface area contributed by atoms with Crippen LogP contribution in [0.5, 0.6) is 0 Å². The summed E-state index contributed by atoms with van der Waals surface area (Å²) in [6.45, 7) is 2.08. The number of amidine groups is 1. The Morgan fingerprint density at radius 3 is 2.79 bits per heavy atom. The van der Waals surface area contributed by atoms with Crippen LogP contribution in [-0.2, 0) is 14.8 Å². The lowest BCUT2D eigenvalue weighted by atomic mass is 10.2. The van der Waals surface area contributed by atoms with Gasteiger partial charge in [-0.1, -0.05) is 18.2 Å². The maximum absolute atomic E-state index is 11.9. The van der Waals surface area contributed by atoms with Crippen LogP contribution in [0.3, 0.4) is 0 Å². The number of fused-ring (bicyclic) bond motifs is 1. The van der Waals surface area contributed by atoms with Crippen molar-refractivity contribution in [3.63, 3.8) is 0 Å². The maximum atomic E-state index is 11.9. The zero-order valence-corrected chi connectivity index (χ0v) is 13.8. The molecule has 24 heavy (non-hydrogen) atoms. The van der Waals surface area contributed by atoms with E-state index >= 15 is 0 Å². The number of sulfonamides is 1. The number of nitrogens with zero attached hydrogens (tertiary/aromatic N) is 2. The minimum absolute atomic E-state index is 0.128. The number of aromatic nitrogens is 1. The van der Waals surface area contributed by atoms with Crippen LogP contribution in [0.1, 0.15) is 17.5 Å². The molecule has 3 rings (SSSR count). The summed E-state index contributed by atoms with van der Waals surface area (Å²) < 4.78 is 26.3. The fraction of sp³-hybridized carbons (Fsp3) is 0.188. The molecule has 0 radical (unpaired) electrons. The van der Waals surface area contributed by atoms with E-state index in [2.05, 4.69) is 20.0 Å². The van der Waals surface area contributed by atoms with Gasteiger partial charge < -0.3 is 5.32 Å². The van der Waals surface area contributed by atoms with Crippen molar-refractivity contribution in [2.24, 2.45) is 4.99 Å². The van der Waals surface area contributed by atoms with Gasteiger partial charge in [-0.25, -0.2) is 13.4 Å². The SMILES string of the molecule is Cc1ccc(NC(=O)CCN=C2NS(=O)(=O)c3ccccc32)nc1. The normalized spacial score (nSPS) is 16.5. The highest BCUT2D eigenvalue weighted by Gasteiger charge is 2.29. The van der Waals surface area contributed by atoms with Gasteiger partial charge in [-0.3, -0.25) is 14.5 Å². The van der Waals surface area contributed by atoms with Gasteiger partial charge in [0.15, 0.2) is 0 Å². The largest absolute Gasteiger partial charge is 0.311 e. The topological polar surface area (TPSA) is 101 Å². The van der Waals surface area contributed by atoms with Crippen molar-refractivity contribution in [3.05, 3.63) is 53.7 Å². The molecule has 7 nitrogen and oxygen atoms in total. The third kappa shape index (κ3) is 3.43. The molecule has 0 saturated heterocycles. The Hall–Kier alpha value is -2.74. The molecule has 2 N–H and O–H groups in total. The van der Waals surface area contributed by atoms with Gasteiger partial charge in [0, 0.05) is 18.2 Å². The van der Waals surface area contributed by atoms with Crippen LogP contribution in [0.4, 0.5) is 5.82 Å². The highest BCUT2D eigenvalue weighted by atomic mass is 32.2. The number of carbonyl (C=O) groups excluding carboxylic acids is 1. The predicted molar refractivity (Wildman–Crippen MR) is 90.4 cm³/mol. The van der Waals surface area contributed by atoms with E-state index in [4.69, 9.17) is 0 Å². The molecule has 8 heteroatoms. The molecule has 124 valence electrons. The Labute approximate surface area is 139 Å². The number of benzene rings is 1.